The molecule has 0 bridgehead atoms. The van der Waals surface area contributed by atoms with Gasteiger partial charge in [0.25, 0.3) is 0 Å². The summed E-state index contributed by atoms with van der Waals surface area (Å²) >= 11 is 1.33. The Morgan fingerprint density at radius 3 is 1.29 bits per heavy atom. The van der Waals surface area contributed by atoms with Crippen molar-refractivity contribution in [1.82, 2.24) is 0 Å². The Labute approximate surface area is 283 Å². The zero-order chi connectivity index (χ0) is 34.1. The molecular weight excluding hydrogens is 632 g/mol. The number of carbonyl (C=O) groups excluding carboxylic acids is 4. The van der Waals surface area contributed by atoms with E-state index >= 15 is 0 Å². The number of hydrogen-bond acceptors (Lipinski definition) is 10. The number of carbonyl (C=O) groups is 4. The molecule has 4 aromatic rings. The predicted molar refractivity (Wildman–Crippen MR) is 180 cm³/mol. The van der Waals surface area contributed by atoms with Crippen molar-refractivity contribution < 1.29 is 42.9 Å². The second-order valence-electron chi connectivity index (χ2n) is 11.9. The Hall–Kier alpha value is -4.93. The highest BCUT2D eigenvalue weighted by atomic mass is 32.2. The summed E-state index contributed by atoms with van der Waals surface area (Å²) in [6, 6.07) is 33.3. The minimum Gasteiger partial charge on any atom is -0.459 e. The Morgan fingerprint density at radius 1 is 0.542 bits per heavy atom. The molecular formula is C38H36O9S. The van der Waals surface area contributed by atoms with Crippen LogP contribution in [0.4, 0.5) is 0 Å². The lowest BCUT2D eigenvalue weighted by Gasteiger charge is -2.45. The van der Waals surface area contributed by atoms with Gasteiger partial charge in [-0.15, -0.1) is 11.8 Å². The van der Waals surface area contributed by atoms with Gasteiger partial charge in [0.1, 0.15) is 18.1 Å². The van der Waals surface area contributed by atoms with Gasteiger partial charge in [0.2, 0.25) is 0 Å². The van der Waals surface area contributed by atoms with E-state index in [0.29, 0.717) is 5.56 Å². The Kier molecular flexibility index (Phi) is 11.3. The summed E-state index contributed by atoms with van der Waals surface area (Å²) in [7, 11) is 0. The molecule has 0 spiro atoms. The smallest absolute Gasteiger partial charge is 0.338 e. The average Bonchev–Trinajstić information content (AvgIpc) is 3.10. The van der Waals surface area contributed by atoms with Gasteiger partial charge in [-0.3, -0.25) is 0 Å². The van der Waals surface area contributed by atoms with Crippen LogP contribution in [0.15, 0.2) is 121 Å². The van der Waals surface area contributed by atoms with Crippen molar-refractivity contribution in [2.45, 2.75) is 55.4 Å². The minimum atomic E-state index is -1.37. The molecule has 10 heteroatoms. The van der Waals surface area contributed by atoms with Crippen molar-refractivity contribution in [2.75, 3.05) is 6.61 Å². The molecule has 0 amide bonds. The maximum absolute atomic E-state index is 13.6. The van der Waals surface area contributed by atoms with Gasteiger partial charge in [-0.25, -0.2) is 19.2 Å². The van der Waals surface area contributed by atoms with Gasteiger partial charge in [0.15, 0.2) is 18.3 Å². The van der Waals surface area contributed by atoms with E-state index in [1.807, 2.05) is 20.8 Å². The quantitative estimate of drug-likeness (QED) is 0.132. The second-order valence-corrected chi connectivity index (χ2v) is 13.9. The summed E-state index contributed by atoms with van der Waals surface area (Å²) in [5.41, 5.74) is 0.112. The molecule has 248 valence electrons. The highest BCUT2D eigenvalue weighted by molar-refractivity contribution is 8.01. The zero-order valence-corrected chi connectivity index (χ0v) is 27.5. The van der Waals surface area contributed by atoms with Crippen molar-refractivity contribution in [3.8, 4) is 0 Å². The van der Waals surface area contributed by atoms with E-state index < -0.39 is 58.5 Å². The van der Waals surface area contributed by atoms with E-state index in [1.165, 1.54) is 11.8 Å². The highest BCUT2D eigenvalue weighted by Gasteiger charge is 2.54. The summed E-state index contributed by atoms with van der Waals surface area (Å²) < 4.78 is 30.0. The maximum atomic E-state index is 13.6. The van der Waals surface area contributed by atoms with Crippen LogP contribution in [0, 0.1) is 0 Å². The predicted octanol–water partition coefficient (Wildman–Crippen LogP) is 6.78. The summed E-state index contributed by atoms with van der Waals surface area (Å²) in [6.45, 7) is 5.50. The van der Waals surface area contributed by atoms with Crippen LogP contribution in [-0.2, 0) is 23.7 Å². The fraction of sp³-hybridized carbons (Fsp3) is 0.263. The first kappa shape index (κ1) is 34.4. The summed E-state index contributed by atoms with van der Waals surface area (Å²) in [4.78, 5) is 53.7. The molecule has 4 aromatic carbocycles. The molecule has 0 N–H and O–H groups in total. The molecule has 5 atom stereocenters. The van der Waals surface area contributed by atoms with Crippen LogP contribution in [0.2, 0.25) is 0 Å². The van der Waals surface area contributed by atoms with E-state index in [9.17, 15) is 19.2 Å². The molecule has 1 aliphatic heterocycles. The number of hydrogen-bond donors (Lipinski definition) is 0. The first-order valence-electron chi connectivity index (χ1n) is 15.4. The Balaban J connectivity index is 1.56. The van der Waals surface area contributed by atoms with Gasteiger partial charge in [0.05, 0.1) is 22.3 Å². The lowest BCUT2D eigenvalue weighted by atomic mass is 9.98. The van der Waals surface area contributed by atoms with Crippen LogP contribution in [0.5, 0.6) is 0 Å². The molecule has 0 aromatic heterocycles. The van der Waals surface area contributed by atoms with Gasteiger partial charge in [-0.2, -0.15) is 0 Å². The molecule has 5 rings (SSSR count). The third-order valence-electron chi connectivity index (χ3n) is 7.21. The van der Waals surface area contributed by atoms with Crippen LogP contribution in [0.25, 0.3) is 0 Å². The molecule has 9 nitrogen and oxygen atoms in total. The fourth-order valence-corrected chi connectivity index (χ4v) is 6.21. The number of ether oxygens (including phenoxy) is 5. The number of rotatable bonds is 10. The van der Waals surface area contributed by atoms with E-state index in [0.717, 1.165) is 0 Å². The highest BCUT2D eigenvalue weighted by Crippen LogP contribution is 2.40. The van der Waals surface area contributed by atoms with E-state index in [-0.39, 0.29) is 23.3 Å². The normalized spacial score (nSPS) is 20.6. The first-order valence-corrected chi connectivity index (χ1v) is 16.3. The topological polar surface area (TPSA) is 114 Å². The number of esters is 4. The third kappa shape index (κ3) is 9.11. The lowest BCUT2D eigenvalue weighted by Crippen LogP contribution is -2.62. The minimum absolute atomic E-state index is 0.231. The molecule has 0 saturated carbocycles. The zero-order valence-electron chi connectivity index (χ0n) is 26.7. The van der Waals surface area contributed by atoms with Crippen LogP contribution in [-0.4, -0.2) is 65.1 Å². The largest absolute Gasteiger partial charge is 0.459 e. The van der Waals surface area contributed by atoms with E-state index in [2.05, 4.69) is 0 Å². The molecule has 0 unspecified atom stereocenters. The molecule has 1 fully saturated rings. The monoisotopic (exact) mass is 668 g/mol. The molecule has 1 saturated heterocycles. The van der Waals surface area contributed by atoms with Gasteiger partial charge in [-0.05, 0) is 48.5 Å². The molecule has 0 aliphatic carbocycles. The first-order chi connectivity index (χ1) is 23.1. The van der Waals surface area contributed by atoms with Crippen LogP contribution in [0.1, 0.15) is 62.2 Å². The van der Waals surface area contributed by atoms with Gasteiger partial charge in [-0.1, -0.05) is 93.6 Å². The van der Waals surface area contributed by atoms with Gasteiger partial charge < -0.3 is 23.7 Å². The molecule has 48 heavy (non-hydrogen) atoms. The second kappa shape index (κ2) is 15.8. The van der Waals surface area contributed by atoms with Crippen LogP contribution >= 0.6 is 11.8 Å². The summed E-state index contributed by atoms with van der Waals surface area (Å²) in [5, 5.41) is 0. The van der Waals surface area contributed by atoms with E-state index in [4.69, 9.17) is 23.7 Å². The fourth-order valence-electron chi connectivity index (χ4n) is 4.97. The molecule has 0 radical (unpaired) electrons. The Bertz CT molecular complexity index is 1680. The van der Waals surface area contributed by atoms with Crippen LogP contribution in [0.3, 0.4) is 0 Å². The molecule has 1 aliphatic rings. The standard InChI is InChI=1S/C38H36O9S/c1-38(2,3)48-37-32(47-36(42)28-22-14-7-15-23-28)31(46-35(41)27-20-12-6-13-21-27)30(45-34(40)26-18-10-5-11-19-26)29(44-37)24-43-33(39)25-16-8-4-9-17-25/h4-23,29-32,37H,24H2,1-3H3/t29-,30+,31-,32-,37+/m0/s1. The summed E-state index contributed by atoms with van der Waals surface area (Å²) in [5.74, 6) is -2.78. The third-order valence-corrected chi connectivity index (χ3v) is 8.53. The average molecular weight is 669 g/mol. The summed E-state index contributed by atoms with van der Waals surface area (Å²) in [6.07, 6.45) is -5.10. The van der Waals surface area contributed by atoms with Crippen molar-refractivity contribution in [3.63, 3.8) is 0 Å². The van der Waals surface area contributed by atoms with Crippen molar-refractivity contribution in [1.29, 1.82) is 0 Å². The van der Waals surface area contributed by atoms with Gasteiger partial charge >= 0.3 is 23.9 Å². The van der Waals surface area contributed by atoms with Crippen molar-refractivity contribution >= 4 is 35.6 Å². The Morgan fingerprint density at radius 2 is 0.896 bits per heavy atom. The van der Waals surface area contributed by atoms with Crippen molar-refractivity contribution in [2.24, 2.45) is 0 Å². The van der Waals surface area contributed by atoms with Gasteiger partial charge in [0, 0.05) is 4.75 Å². The van der Waals surface area contributed by atoms with Crippen molar-refractivity contribution in [3.05, 3.63) is 144 Å². The lowest BCUT2D eigenvalue weighted by molar-refractivity contribution is -0.207. The van der Waals surface area contributed by atoms with E-state index in [1.54, 1.807) is 121 Å². The SMILES string of the molecule is CC(C)(C)S[C@H]1O[C@@H](COC(=O)c2ccccc2)[C@@H](OC(=O)c2ccccc2)[C@H](OC(=O)c2ccccc2)[C@@H]1OC(=O)c1ccccc1. The van der Waals surface area contributed by atoms with Crippen LogP contribution < -0.4 is 0 Å². The number of benzene rings is 4. The molecule has 1 heterocycles. The number of thioether (sulfide) groups is 1. The maximum Gasteiger partial charge on any atom is 0.338 e.